The van der Waals surface area contributed by atoms with E-state index in [4.69, 9.17) is 9.47 Å². The number of benzene rings is 1. The number of nitrogens with zero attached hydrogens (tertiary/aromatic N) is 1. The molecule has 0 saturated carbocycles. The molecule has 126 valence electrons. The normalized spacial score (nSPS) is 24.3. The molecule has 6 heteroatoms. The van der Waals surface area contributed by atoms with Crippen molar-refractivity contribution in [3.05, 3.63) is 30.3 Å². The maximum absolute atomic E-state index is 12.3. The summed E-state index contributed by atoms with van der Waals surface area (Å²) in [5.41, 5.74) is -2.16. The third-order valence-corrected chi connectivity index (χ3v) is 3.71. The number of hydrogen-bond donors (Lipinski definition) is 0. The molecule has 1 fully saturated rings. The van der Waals surface area contributed by atoms with E-state index in [1.807, 2.05) is 18.2 Å². The van der Waals surface area contributed by atoms with Gasteiger partial charge in [-0.15, -0.1) is 0 Å². The quantitative estimate of drug-likeness (QED) is 0.845. The lowest BCUT2D eigenvalue weighted by atomic mass is 9.98. The largest absolute Gasteiger partial charge is 0.548 e. The van der Waals surface area contributed by atoms with E-state index < -0.39 is 29.3 Å². The molecule has 2 rings (SSSR count). The van der Waals surface area contributed by atoms with Crippen LogP contribution >= 0.6 is 0 Å². The van der Waals surface area contributed by atoms with Crippen LogP contribution in [-0.4, -0.2) is 40.8 Å². The van der Waals surface area contributed by atoms with Crippen molar-refractivity contribution < 1.29 is 24.2 Å². The molecular formula is C17H22NO5-. The van der Waals surface area contributed by atoms with E-state index in [1.54, 1.807) is 32.9 Å². The van der Waals surface area contributed by atoms with Crippen molar-refractivity contribution in [2.24, 2.45) is 0 Å². The first-order chi connectivity index (χ1) is 10.6. The molecule has 6 nitrogen and oxygen atoms in total. The zero-order valence-corrected chi connectivity index (χ0v) is 13.9. The topological polar surface area (TPSA) is 78.9 Å². The Morgan fingerprint density at radius 3 is 2.39 bits per heavy atom. The Bertz CT molecular complexity index is 580. The third-order valence-electron chi connectivity index (χ3n) is 3.71. The smallest absolute Gasteiger partial charge is 0.411 e. The Morgan fingerprint density at radius 1 is 1.26 bits per heavy atom. The van der Waals surface area contributed by atoms with Crippen LogP contribution in [-0.2, 0) is 9.53 Å². The van der Waals surface area contributed by atoms with E-state index in [-0.39, 0.29) is 13.0 Å². The van der Waals surface area contributed by atoms with Gasteiger partial charge in [-0.1, -0.05) is 18.2 Å². The highest BCUT2D eigenvalue weighted by atomic mass is 16.6. The summed E-state index contributed by atoms with van der Waals surface area (Å²) < 4.78 is 11.1. The summed E-state index contributed by atoms with van der Waals surface area (Å²) in [7, 11) is 0. The number of aliphatic carboxylic acids is 1. The lowest BCUT2D eigenvalue weighted by molar-refractivity contribution is -0.316. The molecule has 0 aromatic heterocycles. The monoisotopic (exact) mass is 320 g/mol. The maximum Gasteiger partial charge on any atom is 0.411 e. The molecule has 0 bridgehead atoms. The molecule has 0 aliphatic carbocycles. The van der Waals surface area contributed by atoms with Gasteiger partial charge in [-0.3, -0.25) is 4.90 Å². The Balaban J connectivity index is 2.16. The standard InChI is InChI=1S/C17H23NO5/c1-16(2,3)23-15(21)18-11-13(10-17(18,4)14(19)20)22-12-8-6-5-7-9-12/h5-9,13H,10-11H2,1-4H3,(H,19,20)/p-1/t13?,17-/m0/s1. The molecule has 0 radical (unpaired) electrons. The lowest BCUT2D eigenvalue weighted by Gasteiger charge is -2.36. The molecule has 1 aromatic carbocycles. The molecule has 1 saturated heterocycles. The molecule has 1 aliphatic heterocycles. The predicted octanol–water partition coefficient (Wildman–Crippen LogP) is 1.58. The summed E-state index contributed by atoms with van der Waals surface area (Å²) in [4.78, 5) is 25.1. The molecule has 2 atom stereocenters. The summed E-state index contributed by atoms with van der Waals surface area (Å²) in [6, 6.07) is 9.08. The average molecular weight is 320 g/mol. The van der Waals surface area contributed by atoms with Crippen molar-refractivity contribution in [3.8, 4) is 5.75 Å². The molecule has 0 spiro atoms. The van der Waals surface area contributed by atoms with Gasteiger partial charge < -0.3 is 19.4 Å². The van der Waals surface area contributed by atoms with Gasteiger partial charge in [-0.2, -0.15) is 0 Å². The zero-order chi connectivity index (χ0) is 17.3. The number of carbonyl (C=O) groups excluding carboxylic acids is 2. The highest BCUT2D eigenvalue weighted by Crippen LogP contribution is 2.32. The Labute approximate surface area is 136 Å². The SMILES string of the molecule is CC(C)(C)OC(=O)N1CC(Oc2ccccc2)C[C@@]1(C)C(=O)[O-]. The Kier molecular flexibility index (Phi) is 4.54. The molecule has 1 heterocycles. The minimum atomic E-state index is -1.46. The van der Waals surface area contributed by atoms with Crippen molar-refractivity contribution in [1.82, 2.24) is 4.90 Å². The van der Waals surface area contributed by atoms with E-state index in [2.05, 4.69) is 0 Å². The van der Waals surface area contributed by atoms with Crippen LogP contribution in [0.4, 0.5) is 4.79 Å². The van der Waals surface area contributed by atoms with Gasteiger partial charge in [0.05, 0.1) is 18.1 Å². The van der Waals surface area contributed by atoms with Crippen LogP contribution in [0.15, 0.2) is 30.3 Å². The highest BCUT2D eigenvalue weighted by molar-refractivity contribution is 5.83. The summed E-state index contributed by atoms with van der Waals surface area (Å²) in [6.45, 7) is 6.79. The first-order valence-corrected chi connectivity index (χ1v) is 7.55. The van der Waals surface area contributed by atoms with Gasteiger partial charge in [-0.05, 0) is 39.8 Å². The van der Waals surface area contributed by atoms with Crippen molar-refractivity contribution in [2.45, 2.75) is 51.4 Å². The van der Waals surface area contributed by atoms with E-state index in [1.165, 1.54) is 11.8 Å². The molecule has 1 aliphatic rings. The lowest BCUT2D eigenvalue weighted by Crippen LogP contribution is -2.57. The number of carboxylic acids is 1. The van der Waals surface area contributed by atoms with E-state index in [0.717, 1.165) is 0 Å². The number of carboxylic acid groups (broad SMARTS) is 1. The van der Waals surface area contributed by atoms with Crippen molar-refractivity contribution in [1.29, 1.82) is 0 Å². The van der Waals surface area contributed by atoms with Crippen LogP contribution in [0.5, 0.6) is 5.75 Å². The van der Waals surface area contributed by atoms with Gasteiger partial charge in [0, 0.05) is 6.42 Å². The second-order valence-corrected chi connectivity index (χ2v) is 6.91. The van der Waals surface area contributed by atoms with Crippen molar-refractivity contribution in [2.75, 3.05) is 6.54 Å². The Morgan fingerprint density at radius 2 is 1.87 bits per heavy atom. The van der Waals surface area contributed by atoms with Crippen LogP contribution in [0, 0.1) is 0 Å². The second kappa shape index (κ2) is 6.10. The number of para-hydroxylation sites is 1. The fourth-order valence-corrected chi connectivity index (χ4v) is 2.58. The Hall–Kier alpha value is -2.24. The molecule has 0 N–H and O–H groups in total. The van der Waals surface area contributed by atoms with Gasteiger partial charge in [0.15, 0.2) is 0 Å². The minimum absolute atomic E-state index is 0.133. The first-order valence-electron chi connectivity index (χ1n) is 7.55. The first kappa shape index (κ1) is 17.1. The number of likely N-dealkylation sites (tertiary alicyclic amines) is 1. The fourth-order valence-electron chi connectivity index (χ4n) is 2.58. The van der Waals surface area contributed by atoms with Crippen LogP contribution in [0.1, 0.15) is 34.1 Å². The van der Waals surface area contributed by atoms with E-state index in [9.17, 15) is 14.7 Å². The fraction of sp³-hybridized carbons (Fsp3) is 0.529. The van der Waals surface area contributed by atoms with Crippen LogP contribution in [0.25, 0.3) is 0 Å². The maximum atomic E-state index is 12.3. The molecule has 1 unspecified atom stereocenters. The number of carbonyl (C=O) groups is 2. The predicted molar refractivity (Wildman–Crippen MR) is 81.8 cm³/mol. The van der Waals surface area contributed by atoms with Gasteiger partial charge in [0.1, 0.15) is 17.5 Å². The zero-order valence-electron chi connectivity index (χ0n) is 13.9. The summed E-state index contributed by atoms with van der Waals surface area (Å²) in [5, 5.41) is 11.6. The summed E-state index contributed by atoms with van der Waals surface area (Å²) in [5.74, 6) is -0.688. The van der Waals surface area contributed by atoms with Crippen LogP contribution < -0.4 is 9.84 Å². The number of rotatable bonds is 3. The van der Waals surface area contributed by atoms with Crippen molar-refractivity contribution in [3.63, 3.8) is 0 Å². The number of ether oxygens (including phenoxy) is 2. The van der Waals surface area contributed by atoms with E-state index >= 15 is 0 Å². The van der Waals surface area contributed by atoms with Crippen LogP contribution in [0.2, 0.25) is 0 Å². The molecule has 23 heavy (non-hydrogen) atoms. The van der Waals surface area contributed by atoms with Gasteiger partial charge in [0.2, 0.25) is 0 Å². The summed E-state index contributed by atoms with van der Waals surface area (Å²) in [6.07, 6.45) is -0.972. The molecule has 1 aromatic rings. The number of amides is 1. The molecular weight excluding hydrogens is 298 g/mol. The summed E-state index contributed by atoms with van der Waals surface area (Å²) >= 11 is 0. The third kappa shape index (κ3) is 3.94. The highest BCUT2D eigenvalue weighted by Gasteiger charge is 2.48. The van der Waals surface area contributed by atoms with Crippen molar-refractivity contribution >= 4 is 12.1 Å². The second-order valence-electron chi connectivity index (χ2n) is 6.91. The minimum Gasteiger partial charge on any atom is -0.548 e. The van der Waals surface area contributed by atoms with Gasteiger partial charge >= 0.3 is 6.09 Å². The average Bonchev–Trinajstić information content (AvgIpc) is 2.76. The van der Waals surface area contributed by atoms with Gasteiger partial charge in [0.25, 0.3) is 0 Å². The van der Waals surface area contributed by atoms with Crippen LogP contribution in [0.3, 0.4) is 0 Å². The number of hydrogen-bond acceptors (Lipinski definition) is 5. The molecule has 1 amide bonds. The van der Waals surface area contributed by atoms with E-state index in [0.29, 0.717) is 5.75 Å². The van der Waals surface area contributed by atoms with Gasteiger partial charge in [-0.25, -0.2) is 4.79 Å².